The van der Waals surface area contributed by atoms with Gasteiger partial charge in [-0.05, 0) is 80.2 Å². The van der Waals surface area contributed by atoms with Crippen LogP contribution in [0.3, 0.4) is 0 Å². The van der Waals surface area contributed by atoms with Gasteiger partial charge in [-0.1, -0.05) is 0 Å². The zero-order chi connectivity index (χ0) is 18.4. The molecule has 1 aromatic rings. The maximum absolute atomic E-state index is 14.0. The van der Waals surface area contributed by atoms with Gasteiger partial charge in [0.05, 0.1) is 9.26 Å². The van der Waals surface area contributed by atoms with Crippen LogP contribution >= 0.6 is 22.6 Å². The first-order valence-corrected chi connectivity index (χ1v) is 9.60. The minimum Gasteiger partial charge on any atom is -0.444 e. The lowest BCUT2D eigenvalue weighted by Gasteiger charge is -2.25. The van der Waals surface area contributed by atoms with Crippen LogP contribution in [0, 0.1) is 27.0 Å². The van der Waals surface area contributed by atoms with Gasteiger partial charge < -0.3 is 15.0 Å². The van der Waals surface area contributed by atoms with Crippen LogP contribution in [-0.4, -0.2) is 35.7 Å². The lowest BCUT2D eigenvalue weighted by atomic mass is 10.0. The van der Waals surface area contributed by atoms with Crippen molar-refractivity contribution in [3.05, 3.63) is 27.3 Å². The van der Waals surface area contributed by atoms with Gasteiger partial charge >= 0.3 is 6.09 Å². The standard InChI is InChI=1S/C18H23F2IN2O2/c1-18(2,3)25-17(24)23-8-10-6-12(7-11(10)9-23)22-14-5-4-13(21)15(19)16(14)20/h4-5,10-12,22H,6-9H2,1-3H3/t10-,11+,12-. The lowest BCUT2D eigenvalue weighted by Crippen LogP contribution is -2.36. The molecule has 1 aromatic carbocycles. The van der Waals surface area contributed by atoms with E-state index in [1.54, 1.807) is 39.6 Å². The number of hydrogen-bond donors (Lipinski definition) is 1. The Bertz CT molecular complexity index is 664. The molecule has 0 unspecified atom stereocenters. The van der Waals surface area contributed by atoms with Crippen LogP contribution in [0.1, 0.15) is 33.6 Å². The normalized spacial score (nSPS) is 25.8. The van der Waals surface area contributed by atoms with Crippen LogP contribution in [-0.2, 0) is 4.74 Å². The molecule has 25 heavy (non-hydrogen) atoms. The number of rotatable bonds is 2. The molecule has 7 heteroatoms. The van der Waals surface area contributed by atoms with Crippen LogP contribution in [0.4, 0.5) is 19.3 Å². The molecule has 0 bridgehead atoms. The summed E-state index contributed by atoms with van der Waals surface area (Å²) in [5, 5.41) is 3.14. The molecule has 1 saturated heterocycles. The van der Waals surface area contributed by atoms with Crippen molar-refractivity contribution in [1.82, 2.24) is 4.90 Å². The van der Waals surface area contributed by atoms with E-state index < -0.39 is 17.2 Å². The van der Waals surface area contributed by atoms with Gasteiger partial charge in [-0.15, -0.1) is 0 Å². The van der Waals surface area contributed by atoms with E-state index in [0.717, 1.165) is 12.8 Å². The number of carbonyl (C=O) groups excluding carboxylic acids is 1. The van der Waals surface area contributed by atoms with Crippen LogP contribution in [0.15, 0.2) is 12.1 Å². The number of amides is 1. The van der Waals surface area contributed by atoms with Crippen molar-refractivity contribution >= 4 is 34.4 Å². The van der Waals surface area contributed by atoms with Gasteiger partial charge in [0.1, 0.15) is 5.60 Å². The smallest absolute Gasteiger partial charge is 0.410 e. The van der Waals surface area contributed by atoms with Crippen molar-refractivity contribution in [2.45, 2.75) is 45.3 Å². The molecule has 2 aliphatic rings. The van der Waals surface area contributed by atoms with Gasteiger partial charge in [0.2, 0.25) is 0 Å². The number of halogens is 3. The number of fused-ring (bicyclic) bond motifs is 1. The molecule has 0 radical (unpaired) electrons. The van der Waals surface area contributed by atoms with E-state index >= 15 is 0 Å². The molecule has 1 heterocycles. The molecule has 0 aromatic heterocycles. The maximum atomic E-state index is 14.0. The zero-order valence-electron chi connectivity index (χ0n) is 14.6. The fourth-order valence-corrected chi connectivity index (χ4v) is 4.17. The number of benzene rings is 1. The highest BCUT2D eigenvalue weighted by Crippen LogP contribution is 2.40. The third-order valence-corrected chi connectivity index (χ3v) is 5.63. The Morgan fingerprint density at radius 1 is 1.20 bits per heavy atom. The summed E-state index contributed by atoms with van der Waals surface area (Å²) >= 11 is 1.78. The first-order valence-electron chi connectivity index (χ1n) is 8.52. The largest absolute Gasteiger partial charge is 0.444 e. The highest BCUT2D eigenvalue weighted by atomic mass is 127. The number of nitrogens with zero attached hydrogens (tertiary/aromatic N) is 1. The van der Waals surface area contributed by atoms with Gasteiger partial charge in [0.15, 0.2) is 11.6 Å². The van der Waals surface area contributed by atoms with E-state index in [-0.39, 0.29) is 21.4 Å². The molecule has 1 aliphatic carbocycles. The second-order valence-electron chi connectivity index (χ2n) is 7.94. The molecular weight excluding hydrogens is 441 g/mol. The van der Waals surface area contributed by atoms with Crippen molar-refractivity contribution < 1.29 is 18.3 Å². The number of anilines is 1. The van der Waals surface area contributed by atoms with Crippen LogP contribution in [0.2, 0.25) is 0 Å². The molecule has 4 nitrogen and oxygen atoms in total. The Balaban J connectivity index is 1.57. The summed E-state index contributed by atoms with van der Waals surface area (Å²) < 4.78 is 33.4. The van der Waals surface area contributed by atoms with Crippen molar-refractivity contribution in [2.24, 2.45) is 11.8 Å². The van der Waals surface area contributed by atoms with Gasteiger partial charge in [0.25, 0.3) is 0 Å². The summed E-state index contributed by atoms with van der Waals surface area (Å²) in [4.78, 5) is 13.9. The molecule has 3 rings (SSSR count). The predicted molar refractivity (Wildman–Crippen MR) is 101 cm³/mol. The molecular formula is C18H23F2IN2O2. The predicted octanol–water partition coefficient (Wildman–Crippen LogP) is 4.63. The summed E-state index contributed by atoms with van der Waals surface area (Å²) in [5.41, 5.74) is -0.280. The fourth-order valence-electron chi connectivity index (χ4n) is 3.75. The average Bonchev–Trinajstić information content (AvgIpc) is 3.04. The topological polar surface area (TPSA) is 41.6 Å². The maximum Gasteiger partial charge on any atom is 0.410 e. The molecule has 1 aliphatic heterocycles. The minimum atomic E-state index is -0.820. The molecule has 138 valence electrons. The third-order valence-electron chi connectivity index (χ3n) is 4.80. The summed E-state index contributed by atoms with van der Waals surface area (Å²) in [6.07, 6.45) is 1.42. The van der Waals surface area contributed by atoms with Gasteiger partial charge in [0, 0.05) is 19.1 Å². The number of ether oxygens (including phenoxy) is 1. The Kier molecular flexibility index (Phi) is 5.14. The minimum absolute atomic E-state index is 0.102. The Morgan fingerprint density at radius 3 is 2.36 bits per heavy atom. The third kappa shape index (κ3) is 4.17. The summed E-state index contributed by atoms with van der Waals surface area (Å²) in [6, 6.07) is 3.26. The molecule has 1 amide bonds. The molecule has 3 atom stereocenters. The summed E-state index contributed by atoms with van der Waals surface area (Å²) in [7, 11) is 0. The Morgan fingerprint density at radius 2 is 1.80 bits per heavy atom. The first kappa shape index (κ1) is 18.7. The fraction of sp³-hybridized carbons (Fsp3) is 0.611. The second-order valence-corrected chi connectivity index (χ2v) is 9.10. The number of nitrogens with one attached hydrogen (secondary N) is 1. The van der Waals surface area contributed by atoms with Crippen LogP contribution < -0.4 is 5.32 Å². The number of likely N-dealkylation sites (tertiary alicyclic amines) is 1. The Labute approximate surface area is 160 Å². The van der Waals surface area contributed by atoms with E-state index in [1.165, 1.54) is 0 Å². The number of carbonyl (C=O) groups is 1. The van der Waals surface area contributed by atoms with Gasteiger partial charge in [-0.3, -0.25) is 0 Å². The van der Waals surface area contributed by atoms with E-state index in [2.05, 4.69) is 5.32 Å². The summed E-state index contributed by atoms with van der Waals surface area (Å²) in [5.74, 6) is -0.872. The monoisotopic (exact) mass is 464 g/mol. The van der Waals surface area contributed by atoms with E-state index in [4.69, 9.17) is 4.74 Å². The lowest BCUT2D eigenvalue weighted by molar-refractivity contribution is 0.0280. The second kappa shape index (κ2) is 6.89. The molecule has 1 N–H and O–H groups in total. The quantitative estimate of drug-likeness (QED) is 0.513. The van der Waals surface area contributed by atoms with E-state index in [0.29, 0.717) is 24.9 Å². The molecule has 2 fully saturated rings. The van der Waals surface area contributed by atoms with Crippen LogP contribution in [0.5, 0.6) is 0 Å². The van der Waals surface area contributed by atoms with Crippen molar-refractivity contribution in [2.75, 3.05) is 18.4 Å². The van der Waals surface area contributed by atoms with E-state index in [9.17, 15) is 13.6 Å². The van der Waals surface area contributed by atoms with E-state index in [1.807, 2.05) is 20.8 Å². The summed E-state index contributed by atoms with van der Waals surface area (Å²) in [6.45, 7) is 6.91. The van der Waals surface area contributed by atoms with Crippen molar-refractivity contribution in [1.29, 1.82) is 0 Å². The van der Waals surface area contributed by atoms with Gasteiger partial charge in [-0.25, -0.2) is 13.6 Å². The van der Waals surface area contributed by atoms with Crippen LogP contribution in [0.25, 0.3) is 0 Å². The average molecular weight is 464 g/mol. The Hall–Kier alpha value is -1.12. The zero-order valence-corrected chi connectivity index (χ0v) is 16.8. The number of hydrogen-bond acceptors (Lipinski definition) is 3. The first-order chi connectivity index (χ1) is 11.6. The highest BCUT2D eigenvalue weighted by molar-refractivity contribution is 14.1. The SMILES string of the molecule is CC(C)(C)OC(=O)N1C[C@H]2C[C@@H](Nc3ccc(I)c(F)c3F)C[C@H]2C1. The van der Waals surface area contributed by atoms with Crippen molar-refractivity contribution in [3.8, 4) is 0 Å². The van der Waals surface area contributed by atoms with Crippen molar-refractivity contribution in [3.63, 3.8) is 0 Å². The molecule has 0 spiro atoms. The molecule has 1 saturated carbocycles. The highest BCUT2D eigenvalue weighted by Gasteiger charge is 2.43. The van der Waals surface area contributed by atoms with Gasteiger partial charge in [-0.2, -0.15) is 0 Å².